The summed E-state index contributed by atoms with van der Waals surface area (Å²) in [5, 5.41) is 3.16. The van der Waals surface area contributed by atoms with Gasteiger partial charge < -0.3 is 19.7 Å². The Morgan fingerprint density at radius 2 is 1.51 bits per heavy atom. The summed E-state index contributed by atoms with van der Waals surface area (Å²) in [5.74, 6) is -1.33. The molecule has 0 bridgehead atoms. The van der Waals surface area contributed by atoms with Crippen LogP contribution < -0.4 is 5.32 Å². The van der Waals surface area contributed by atoms with Crippen molar-refractivity contribution in [1.29, 1.82) is 0 Å². The van der Waals surface area contributed by atoms with E-state index in [9.17, 15) is 19.2 Å². The number of carbonyl (C=O) groups is 4. The highest BCUT2D eigenvalue weighted by atomic mass is 35.5. The summed E-state index contributed by atoms with van der Waals surface area (Å²) in [4.78, 5) is 51.3. The molecule has 190 valence electrons. The largest absolute Gasteiger partial charge is 0.465 e. The Bertz CT molecular complexity index is 1310. The van der Waals surface area contributed by atoms with Crippen LogP contribution in [0.25, 0.3) is 0 Å². The number of ether oxygens (including phenoxy) is 2. The molecule has 0 aliphatic carbocycles. The van der Waals surface area contributed by atoms with E-state index in [1.807, 2.05) is 24.3 Å². The van der Waals surface area contributed by atoms with E-state index >= 15 is 0 Å². The van der Waals surface area contributed by atoms with Crippen molar-refractivity contribution in [3.63, 3.8) is 0 Å². The minimum absolute atomic E-state index is 0.0404. The summed E-state index contributed by atoms with van der Waals surface area (Å²) < 4.78 is 9.46. The topological polar surface area (TPSA) is 102 Å². The third kappa shape index (κ3) is 6.12. The molecule has 1 aliphatic rings. The molecule has 2 amide bonds. The molecule has 0 saturated carbocycles. The van der Waals surface area contributed by atoms with Crippen LogP contribution in [-0.2, 0) is 20.8 Å². The molecule has 37 heavy (non-hydrogen) atoms. The minimum atomic E-state index is -0.655. The fraction of sp³-hybridized carbons (Fsp3) is 0.185. The molecule has 1 atom stereocenters. The van der Waals surface area contributed by atoms with E-state index < -0.39 is 17.8 Å². The molecule has 0 radical (unpaired) electrons. The maximum absolute atomic E-state index is 12.9. The Balaban J connectivity index is 1.50. The van der Waals surface area contributed by atoms with Gasteiger partial charge in [-0.2, -0.15) is 0 Å². The first-order valence-corrected chi connectivity index (χ1v) is 12.6. The second-order valence-electron chi connectivity index (χ2n) is 8.17. The standard InChI is InChI=1S/C27H23ClN2O6S/c1-35-26(33)19-11-20(27(34)36-2)13-22(12-19)29-24(32)17-5-7-18(8-6-17)25-30(23(31)15-37-25)14-16-3-9-21(28)10-4-16/h3-13,25H,14-15H2,1-2H3,(H,29,32)/t25-/m0/s1. The summed E-state index contributed by atoms with van der Waals surface area (Å²) in [7, 11) is 2.44. The van der Waals surface area contributed by atoms with E-state index in [1.54, 1.807) is 29.2 Å². The highest BCUT2D eigenvalue weighted by Gasteiger charge is 2.32. The number of halogens is 1. The summed E-state index contributed by atoms with van der Waals surface area (Å²) in [6.07, 6.45) is 0. The zero-order valence-corrected chi connectivity index (χ0v) is 21.6. The normalized spacial score (nSPS) is 14.8. The molecule has 1 aliphatic heterocycles. The number of hydrogen-bond donors (Lipinski definition) is 1. The average Bonchev–Trinajstić information content (AvgIpc) is 3.28. The molecule has 0 aromatic heterocycles. The first kappa shape index (κ1) is 26.2. The van der Waals surface area contributed by atoms with Crippen molar-refractivity contribution in [3.05, 3.63) is 99.6 Å². The second-order valence-corrected chi connectivity index (χ2v) is 9.67. The molecule has 10 heteroatoms. The van der Waals surface area contributed by atoms with Gasteiger partial charge in [-0.1, -0.05) is 35.9 Å². The molecule has 8 nitrogen and oxygen atoms in total. The Morgan fingerprint density at radius 3 is 2.08 bits per heavy atom. The van der Waals surface area contributed by atoms with E-state index in [-0.39, 0.29) is 28.1 Å². The van der Waals surface area contributed by atoms with Crippen molar-refractivity contribution in [2.75, 3.05) is 25.3 Å². The Morgan fingerprint density at radius 1 is 0.919 bits per heavy atom. The Labute approximate surface area is 222 Å². The Kier molecular flexibility index (Phi) is 8.15. The van der Waals surface area contributed by atoms with Crippen LogP contribution in [-0.4, -0.2) is 48.6 Å². The van der Waals surface area contributed by atoms with Gasteiger partial charge in [0.05, 0.1) is 31.1 Å². The number of benzene rings is 3. The van der Waals surface area contributed by atoms with Gasteiger partial charge >= 0.3 is 11.9 Å². The van der Waals surface area contributed by atoms with E-state index in [2.05, 4.69) is 5.32 Å². The first-order chi connectivity index (χ1) is 17.8. The van der Waals surface area contributed by atoms with E-state index in [0.29, 0.717) is 22.9 Å². The molecule has 0 spiro atoms. The van der Waals surface area contributed by atoms with Crippen molar-refractivity contribution in [1.82, 2.24) is 4.90 Å². The Hall–Kier alpha value is -3.82. The number of carbonyl (C=O) groups excluding carboxylic acids is 4. The number of methoxy groups -OCH3 is 2. The zero-order valence-electron chi connectivity index (χ0n) is 20.0. The summed E-state index contributed by atoms with van der Waals surface area (Å²) in [6, 6.07) is 18.5. The monoisotopic (exact) mass is 538 g/mol. The SMILES string of the molecule is COC(=O)c1cc(NC(=O)c2ccc([C@@H]3SCC(=O)N3Cc3ccc(Cl)cc3)cc2)cc(C(=O)OC)c1. The molecule has 1 saturated heterocycles. The number of hydrogen-bond acceptors (Lipinski definition) is 7. The zero-order chi connectivity index (χ0) is 26.5. The third-order valence-corrected chi connectivity index (χ3v) is 7.23. The molecule has 3 aromatic rings. The van der Waals surface area contributed by atoms with Gasteiger partial charge in [0.25, 0.3) is 5.91 Å². The molecular formula is C27H23ClN2O6S. The van der Waals surface area contributed by atoms with Crippen LogP contribution in [0.15, 0.2) is 66.7 Å². The molecule has 1 heterocycles. The number of amides is 2. The van der Waals surface area contributed by atoms with Crippen molar-refractivity contribution in [2.45, 2.75) is 11.9 Å². The van der Waals surface area contributed by atoms with Crippen molar-refractivity contribution in [2.24, 2.45) is 0 Å². The van der Waals surface area contributed by atoms with Gasteiger partial charge in [0.2, 0.25) is 5.91 Å². The molecule has 1 fully saturated rings. The lowest BCUT2D eigenvalue weighted by atomic mass is 10.1. The van der Waals surface area contributed by atoms with Crippen molar-refractivity contribution < 1.29 is 28.7 Å². The van der Waals surface area contributed by atoms with Gasteiger partial charge in [-0.3, -0.25) is 9.59 Å². The lowest BCUT2D eigenvalue weighted by Gasteiger charge is -2.24. The van der Waals surface area contributed by atoms with Crippen molar-refractivity contribution >= 4 is 52.8 Å². The lowest BCUT2D eigenvalue weighted by Crippen LogP contribution is -2.27. The van der Waals surface area contributed by atoms with Crippen LogP contribution >= 0.6 is 23.4 Å². The predicted molar refractivity (Wildman–Crippen MR) is 141 cm³/mol. The fourth-order valence-electron chi connectivity index (χ4n) is 3.86. The van der Waals surface area contributed by atoms with Crippen LogP contribution in [0.1, 0.15) is 47.6 Å². The maximum Gasteiger partial charge on any atom is 0.337 e. The van der Waals surface area contributed by atoms with E-state index in [0.717, 1.165) is 11.1 Å². The van der Waals surface area contributed by atoms with Gasteiger partial charge in [-0.15, -0.1) is 11.8 Å². The average molecular weight is 539 g/mol. The number of nitrogens with zero attached hydrogens (tertiary/aromatic N) is 1. The van der Waals surface area contributed by atoms with Crippen LogP contribution in [0, 0.1) is 0 Å². The third-order valence-electron chi connectivity index (χ3n) is 5.73. The first-order valence-electron chi connectivity index (χ1n) is 11.2. The number of nitrogens with one attached hydrogen (secondary N) is 1. The molecular weight excluding hydrogens is 516 g/mol. The van der Waals surface area contributed by atoms with Gasteiger partial charge in [-0.25, -0.2) is 9.59 Å². The smallest absolute Gasteiger partial charge is 0.337 e. The molecule has 1 N–H and O–H groups in total. The van der Waals surface area contributed by atoms with Crippen molar-refractivity contribution in [3.8, 4) is 0 Å². The fourth-order valence-corrected chi connectivity index (χ4v) is 5.18. The van der Waals surface area contributed by atoms with Crippen LogP contribution in [0.4, 0.5) is 5.69 Å². The lowest BCUT2D eigenvalue weighted by molar-refractivity contribution is -0.128. The summed E-state index contributed by atoms with van der Waals surface area (Å²) >= 11 is 7.50. The van der Waals surface area contributed by atoms with Gasteiger partial charge in [0.1, 0.15) is 5.37 Å². The summed E-state index contributed by atoms with van der Waals surface area (Å²) in [5.41, 5.74) is 2.66. The molecule has 4 rings (SSSR count). The maximum atomic E-state index is 12.9. The second kappa shape index (κ2) is 11.5. The predicted octanol–water partition coefficient (Wildman–Crippen LogP) is 4.94. The number of rotatable bonds is 7. The van der Waals surface area contributed by atoms with Crippen LogP contribution in [0.3, 0.4) is 0 Å². The van der Waals surface area contributed by atoms with Gasteiger partial charge in [-0.05, 0) is 53.6 Å². The van der Waals surface area contributed by atoms with Crippen LogP contribution in [0.5, 0.6) is 0 Å². The quantitative estimate of drug-likeness (QED) is 0.425. The number of anilines is 1. The minimum Gasteiger partial charge on any atom is -0.465 e. The number of esters is 2. The highest BCUT2D eigenvalue weighted by Crippen LogP contribution is 2.39. The van der Waals surface area contributed by atoms with Gasteiger partial charge in [0, 0.05) is 22.8 Å². The summed E-state index contributed by atoms with van der Waals surface area (Å²) in [6.45, 7) is 0.453. The van der Waals surface area contributed by atoms with E-state index in [4.69, 9.17) is 21.1 Å². The van der Waals surface area contributed by atoms with E-state index in [1.165, 1.54) is 44.2 Å². The molecule has 0 unspecified atom stereocenters. The van der Waals surface area contributed by atoms with Gasteiger partial charge in [0.15, 0.2) is 0 Å². The molecule has 3 aromatic carbocycles. The van der Waals surface area contributed by atoms with Crippen LogP contribution in [0.2, 0.25) is 5.02 Å². The highest BCUT2D eigenvalue weighted by molar-refractivity contribution is 8.00. The number of thioether (sulfide) groups is 1.